The number of thioether (sulfide) groups is 1. The monoisotopic (exact) mass is 212 g/mol. The molecule has 1 N–H and O–H groups in total. The lowest BCUT2D eigenvalue weighted by atomic mass is 10.3. The maximum absolute atomic E-state index is 10.7. The minimum atomic E-state index is -1.01. The van der Waals surface area contributed by atoms with Crippen LogP contribution in [0.1, 0.15) is 30.0 Å². The lowest BCUT2D eigenvalue weighted by Crippen LogP contribution is -2.04. The van der Waals surface area contributed by atoms with E-state index in [1.54, 1.807) is 6.92 Å². The molecule has 0 amide bonds. The fourth-order valence-electron chi connectivity index (χ4n) is 0.914. The highest BCUT2D eigenvalue weighted by Crippen LogP contribution is 2.19. The van der Waals surface area contributed by atoms with Crippen LogP contribution in [-0.4, -0.2) is 26.3 Å². The molecule has 0 aromatic carbocycles. The summed E-state index contributed by atoms with van der Waals surface area (Å²) in [5, 5.41) is 9.64. The Morgan fingerprint density at radius 2 is 2.14 bits per heavy atom. The summed E-state index contributed by atoms with van der Waals surface area (Å²) in [6, 6.07) is 1.46. The van der Waals surface area contributed by atoms with E-state index in [0.717, 1.165) is 0 Å². The first kappa shape index (κ1) is 11.0. The molecule has 0 saturated heterocycles. The maximum Gasteiger partial charge on any atom is 0.354 e. The van der Waals surface area contributed by atoms with Crippen molar-refractivity contribution in [2.24, 2.45) is 0 Å². The molecule has 1 aromatic heterocycles. The van der Waals surface area contributed by atoms with Crippen molar-refractivity contribution in [1.82, 2.24) is 9.97 Å². The van der Waals surface area contributed by atoms with Gasteiger partial charge in [-0.05, 0) is 13.0 Å². The van der Waals surface area contributed by atoms with Crippen LogP contribution in [-0.2, 0) is 0 Å². The summed E-state index contributed by atoms with van der Waals surface area (Å²) in [6.45, 7) is 5.78. The number of aromatic carboxylic acids is 1. The topological polar surface area (TPSA) is 63.1 Å². The van der Waals surface area contributed by atoms with Gasteiger partial charge in [-0.25, -0.2) is 14.8 Å². The molecular formula is C9H12N2O2S. The van der Waals surface area contributed by atoms with Crippen LogP contribution < -0.4 is 0 Å². The largest absolute Gasteiger partial charge is 0.477 e. The van der Waals surface area contributed by atoms with Gasteiger partial charge in [0.2, 0.25) is 0 Å². The number of carboxylic acids is 1. The molecule has 5 heteroatoms. The van der Waals surface area contributed by atoms with Gasteiger partial charge in [0.1, 0.15) is 0 Å². The smallest absolute Gasteiger partial charge is 0.354 e. The molecule has 0 bridgehead atoms. The van der Waals surface area contributed by atoms with Crippen molar-refractivity contribution >= 4 is 17.7 Å². The van der Waals surface area contributed by atoms with Crippen LogP contribution >= 0.6 is 11.8 Å². The number of aryl methyl sites for hydroxylation is 1. The van der Waals surface area contributed by atoms with E-state index in [1.807, 2.05) is 13.8 Å². The average Bonchev–Trinajstić information content (AvgIpc) is 2.01. The number of hydrogen-bond acceptors (Lipinski definition) is 4. The molecule has 14 heavy (non-hydrogen) atoms. The number of aromatic nitrogens is 2. The normalized spacial score (nSPS) is 10.6. The molecule has 0 aliphatic carbocycles. The maximum atomic E-state index is 10.7. The van der Waals surface area contributed by atoms with Crippen molar-refractivity contribution in [3.63, 3.8) is 0 Å². The van der Waals surface area contributed by atoms with Gasteiger partial charge in [0.25, 0.3) is 0 Å². The standard InChI is InChI=1S/C9H12N2O2S/c1-5(2)14-9-10-6(3)4-7(11-9)8(12)13/h4-5H,1-3H3,(H,12,13). The van der Waals surface area contributed by atoms with Gasteiger partial charge in [0, 0.05) is 10.9 Å². The summed E-state index contributed by atoms with van der Waals surface area (Å²) < 4.78 is 0. The van der Waals surface area contributed by atoms with Crippen molar-refractivity contribution < 1.29 is 9.90 Å². The van der Waals surface area contributed by atoms with E-state index in [0.29, 0.717) is 16.1 Å². The van der Waals surface area contributed by atoms with Gasteiger partial charge in [-0.15, -0.1) is 0 Å². The highest BCUT2D eigenvalue weighted by atomic mass is 32.2. The van der Waals surface area contributed by atoms with Gasteiger partial charge in [-0.1, -0.05) is 25.6 Å². The fourth-order valence-corrected chi connectivity index (χ4v) is 1.68. The van der Waals surface area contributed by atoms with Crippen molar-refractivity contribution in [3.8, 4) is 0 Å². The van der Waals surface area contributed by atoms with E-state index in [4.69, 9.17) is 5.11 Å². The Kier molecular flexibility index (Phi) is 3.46. The second-order valence-electron chi connectivity index (χ2n) is 3.15. The molecule has 1 aromatic rings. The SMILES string of the molecule is Cc1cc(C(=O)O)nc(SC(C)C)n1. The van der Waals surface area contributed by atoms with E-state index in [-0.39, 0.29) is 5.69 Å². The zero-order valence-electron chi connectivity index (χ0n) is 8.31. The zero-order chi connectivity index (χ0) is 10.7. The first-order valence-electron chi connectivity index (χ1n) is 4.24. The second kappa shape index (κ2) is 4.41. The van der Waals surface area contributed by atoms with Crippen molar-refractivity contribution in [1.29, 1.82) is 0 Å². The molecule has 0 aliphatic rings. The Hall–Kier alpha value is -1.10. The Morgan fingerprint density at radius 3 is 2.64 bits per heavy atom. The molecular weight excluding hydrogens is 200 g/mol. The zero-order valence-corrected chi connectivity index (χ0v) is 9.13. The minimum Gasteiger partial charge on any atom is -0.477 e. The third-order valence-corrected chi connectivity index (χ3v) is 2.26. The van der Waals surface area contributed by atoms with Gasteiger partial charge < -0.3 is 5.11 Å². The van der Waals surface area contributed by atoms with Crippen LogP contribution in [0.4, 0.5) is 0 Å². The number of carbonyl (C=O) groups is 1. The molecule has 76 valence electrons. The molecule has 1 rings (SSSR count). The summed E-state index contributed by atoms with van der Waals surface area (Å²) >= 11 is 1.46. The summed E-state index contributed by atoms with van der Waals surface area (Å²) in [4.78, 5) is 18.8. The van der Waals surface area contributed by atoms with Gasteiger partial charge in [0.05, 0.1) is 0 Å². The van der Waals surface area contributed by atoms with Gasteiger partial charge in [-0.2, -0.15) is 0 Å². The van der Waals surface area contributed by atoms with Gasteiger partial charge in [0.15, 0.2) is 10.9 Å². The number of hydrogen-bond donors (Lipinski definition) is 1. The fraction of sp³-hybridized carbons (Fsp3) is 0.444. The van der Waals surface area contributed by atoms with Crippen LogP contribution in [0.5, 0.6) is 0 Å². The molecule has 0 atom stereocenters. The quantitative estimate of drug-likeness (QED) is 0.613. The summed E-state index contributed by atoms with van der Waals surface area (Å²) in [6.07, 6.45) is 0. The molecule has 4 nitrogen and oxygen atoms in total. The van der Waals surface area contributed by atoms with E-state index < -0.39 is 5.97 Å². The Bertz CT molecular complexity index is 353. The van der Waals surface area contributed by atoms with E-state index in [1.165, 1.54) is 17.8 Å². The third kappa shape index (κ3) is 2.99. The summed E-state index contributed by atoms with van der Waals surface area (Å²) in [5.41, 5.74) is 0.737. The minimum absolute atomic E-state index is 0.0562. The Balaban J connectivity index is 3.01. The molecule has 0 saturated carbocycles. The Morgan fingerprint density at radius 1 is 1.50 bits per heavy atom. The predicted molar refractivity (Wildman–Crippen MR) is 54.7 cm³/mol. The summed E-state index contributed by atoms with van der Waals surface area (Å²) in [5.74, 6) is -1.01. The number of carboxylic acid groups (broad SMARTS) is 1. The third-order valence-electron chi connectivity index (χ3n) is 1.39. The highest BCUT2D eigenvalue weighted by Gasteiger charge is 2.09. The summed E-state index contributed by atoms with van der Waals surface area (Å²) in [7, 11) is 0. The average molecular weight is 212 g/mol. The van der Waals surface area contributed by atoms with Crippen molar-refractivity contribution in [3.05, 3.63) is 17.5 Å². The van der Waals surface area contributed by atoms with Crippen molar-refractivity contribution in [2.45, 2.75) is 31.2 Å². The van der Waals surface area contributed by atoms with Crippen LogP contribution in [0.15, 0.2) is 11.2 Å². The lowest BCUT2D eigenvalue weighted by molar-refractivity contribution is 0.0689. The number of rotatable bonds is 3. The first-order valence-corrected chi connectivity index (χ1v) is 5.12. The van der Waals surface area contributed by atoms with Crippen molar-refractivity contribution in [2.75, 3.05) is 0 Å². The van der Waals surface area contributed by atoms with Gasteiger partial charge >= 0.3 is 5.97 Å². The molecule has 0 spiro atoms. The van der Waals surface area contributed by atoms with E-state index in [9.17, 15) is 4.79 Å². The predicted octanol–water partition coefficient (Wildman–Crippen LogP) is 1.98. The van der Waals surface area contributed by atoms with Crippen LogP contribution in [0.25, 0.3) is 0 Å². The highest BCUT2D eigenvalue weighted by molar-refractivity contribution is 7.99. The van der Waals surface area contributed by atoms with Crippen LogP contribution in [0.3, 0.4) is 0 Å². The lowest BCUT2D eigenvalue weighted by Gasteiger charge is -2.04. The molecule has 0 fully saturated rings. The van der Waals surface area contributed by atoms with Gasteiger partial charge in [-0.3, -0.25) is 0 Å². The second-order valence-corrected chi connectivity index (χ2v) is 4.69. The van der Waals surface area contributed by atoms with E-state index >= 15 is 0 Å². The first-order chi connectivity index (χ1) is 6.49. The molecule has 0 radical (unpaired) electrons. The molecule has 0 aliphatic heterocycles. The molecule has 0 unspecified atom stereocenters. The van der Waals surface area contributed by atoms with E-state index in [2.05, 4.69) is 9.97 Å². The Labute approximate surface area is 86.8 Å². The van der Waals surface area contributed by atoms with Crippen LogP contribution in [0.2, 0.25) is 0 Å². The van der Waals surface area contributed by atoms with Crippen LogP contribution in [0, 0.1) is 6.92 Å². The number of nitrogens with zero attached hydrogens (tertiary/aromatic N) is 2. The molecule has 1 heterocycles.